The number of β-amino-alcohol motifs (C(OH)–C–C–N with tert-alkyl or cyclic N) is 1. The van der Waals surface area contributed by atoms with E-state index in [0.717, 1.165) is 22.3 Å². The minimum absolute atomic E-state index is 0.0351. The van der Waals surface area contributed by atoms with E-state index in [1.165, 1.54) is 0 Å². The van der Waals surface area contributed by atoms with Crippen LogP contribution in [0.2, 0.25) is 0 Å². The van der Waals surface area contributed by atoms with Crippen LogP contribution in [0, 0.1) is 17.8 Å². The number of pyridine rings is 1. The van der Waals surface area contributed by atoms with Crippen LogP contribution in [0.5, 0.6) is 0 Å². The molecule has 4 unspecified atom stereocenters. The number of rotatable bonds is 3. The number of aromatic nitrogens is 1. The first-order valence-electron chi connectivity index (χ1n) is 7.17. The van der Waals surface area contributed by atoms with Gasteiger partial charge in [-0.05, 0) is 33.8 Å². The number of fused-ring (bicyclic) bond motifs is 3. The largest absolute Gasteiger partial charge is 0.395 e. The van der Waals surface area contributed by atoms with Crippen molar-refractivity contribution < 1.29 is 9.90 Å². The van der Waals surface area contributed by atoms with Crippen molar-refractivity contribution in [1.82, 2.24) is 4.98 Å². The lowest BCUT2D eigenvalue weighted by molar-refractivity contribution is -0.134. The summed E-state index contributed by atoms with van der Waals surface area (Å²) in [7, 11) is 0. The number of hydrogen-bond acceptors (Lipinski definition) is 3. The Labute approximate surface area is 127 Å². The van der Waals surface area contributed by atoms with Gasteiger partial charge in [-0.15, -0.1) is 0 Å². The zero-order chi connectivity index (χ0) is 14.4. The van der Waals surface area contributed by atoms with Crippen LogP contribution in [-0.2, 0) is 4.79 Å². The zero-order valence-electron chi connectivity index (χ0n) is 11.7. The molecule has 0 spiro atoms. The van der Waals surface area contributed by atoms with Gasteiger partial charge in [-0.25, -0.2) is 4.98 Å². The van der Waals surface area contributed by atoms with Gasteiger partial charge in [-0.3, -0.25) is 9.69 Å². The number of carbonyl (C=O) groups is 1. The van der Waals surface area contributed by atoms with Crippen LogP contribution in [0.4, 0.5) is 5.82 Å². The molecule has 4 nitrogen and oxygen atoms in total. The molecule has 1 saturated carbocycles. The van der Waals surface area contributed by atoms with Crippen molar-refractivity contribution in [2.75, 3.05) is 18.1 Å². The molecule has 3 rings (SSSR count). The van der Waals surface area contributed by atoms with E-state index in [9.17, 15) is 9.90 Å². The van der Waals surface area contributed by atoms with Gasteiger partial charge in [0, 0.05) is 28.1 Å². The maximum atomic E-state index is 12.7. The van der Waals surface area contributed by atoms with E-state index in [0.29, 0.717) is 18.4 Å². The van der Waals surface area contributed by atoms with Gasteiger partial charge in [0.2, 0.25) is 5.91 Å². The molecule has 108 valence electrons. The number of nitrogens with zero attached hydrogens (tertiary/aromatic N) is 2. The lowest BCUT2D eigenvalue weighted by Gasteiger charge is -2.54. The molecule has 1 aromatic rings. The molecule has 1 amide bonds. The molecule has 0 bridgehead atoms. The van der Waals surface area contributed by atoms with Crippen molar-refractivity contribution in [3.63, 3.8) is 0 Å². The van der Waals surface area contributed by atoms with Crippen molar-refractivity contribution >= 4 is 27.7 Å². The Morgan fingerprint density at radius 2 is 2.20 bits per heavy atom. The van der Waals surface area contributed by atoms with Crippen LogP contribution in [0.1, 0.15) is 31.7 Å². The third kappa shape index (κ3) is 1.83. The van der Waals surface area contributed by atoms with Gasteiger partial charge in [0.25, 0.3) is 0 Å². The Kier molecular flexibility index (Phi) is 3.58. The second-order valence-electron chi connectivity index (χ2n) is 5.76. The van der Waals surface area contributed by atoms with Gasteiger partial charge >= 0.3 is 0 Å². The first kappa shape index (κ1) is 14.0. The average Bonchev–Trinajstić information content (AvgIpc) is 2.42. The molecule has 2 aliphatic rings. The maximum absolute atomic E-state index is 12.7. The summed E-state index contributed by atoms with van der Waals surface area (Å²) in [5.74, 6) is 2.17. The first-order chi connectivity index (χ1) is 9.60. The highest BCUT2D eigenvalue weighted by molar-refractivity contribution is 9.10. The SMILES string of the molecule is CCC1C(C)C2c3cc(Br)cnc3N(CCO)C(=O)C12. The molecular weight excluding hydrogens is 320 g/mol. The van der Waals surface area contributed by atoms with E-state index >= 15 is 0 Å². The van der Waals surface area contributed by atoms with Gasteiger partial charge < -0.3 is 5.11 Å². The number of anilines is 1. The molecule has 1 aliphatic carbocycles. The van der Waals surface area contributed by atoms with Gasteiger partial charge in [0.15, 0.2) is 0 Å². The molecular formula is C15H19BrN2O2. The quantitative estimate of drug-likeness (QED) is 0.921. The Balaban J connectivity index is 2.08. The van der Waals surface area contributed by atoms with Crippen molar-refractivity contribution in [2.24, 2.45) is 17.8 Å². The van der Waals surface area contributed by atoms with E-state index in [-0.39, 0.29) is 24.3 Å². The number of aliphatic hydroxyl groups excluding tert-OH is 1. The Morgan fingerprint density at radius 3 is 2.85 bits per heavy atom. The number of carbonyl (C=O) groups excluding carboxylic acids is 1. The van der Waals surface area contributed by atoms with E-state index in [2.05, 4.69) is 40.8 Å². The molecule has 0 radical (unpaired) electrons. The number of amides is 1. The summed E-state index contributed by atoms with van der Waals surface area (Å²) < 4.78 is 0.945. The molecule has 0 saturated heterocycles. The van der Waals surface area contributed by atoms with E-state index in [1.54, 1.807) is 11.1 Å². The highest BCUT2D eigenvalue weighted by atomic mass is 79.9. The molecule has 0 aromatic carbocycles. The summed E-state index contributed by atoms with van der Waals surface area (Å²) in [6.07, 6.45) is 2.75. The van der Waals surface area contributed by atoms with Gasteiger partial charge in [-0.2, -0.15) is 0 Å². The van der Waals surface area contributed by atoms with Crippen molar-refractivity contribution in [3.05, 3.63) is 22.3 Å². The third-order valence-electron chi connectivity index (χ3n) is 4.91. The fourth-order valence-corrected chi connectivity index (χ4v) is 4.35. The first-order valence-corrected chi connectivity index (χ1v) is 7.97. The van der Waals surface area contributed by atoms with E-state index in [1.807, 2.05) is 0 Å². The fourth-order valence-electron chi connectivity index (χ4n) is 4.00. The minimum atomic E-state index is -0.0351. The molecule has 20 heavy (non-hydrogen) atoms. The van der Waals surface area contributed by atoms with Crippen molar-refractivity contribution in [3.8, 4) is 0 Å². The normalized spacial score (nSPS) is 31.6. The summed E-state index contributed by atoms with van der Waals surface area (Å²) in [6, 6.07) is 2.08. The lowest BCUT2D eigenvalue weighted by atomic mass is 9.53. The number of hydrogen-bond donors (Lipinski definition) is 1. The van der Waals surface area contributed by atoms with Crippen LogP contribution >= 0.6 is 15.9 Å². The zero-order valence-corrected chi connectivity index (χ0v) is 13.3. The number of aliphatic hydroxyl groups is 1. The molecule has 4 atom stereocenters. The third-order valence-corrected chi connectivity index (χ3v) is 5.35. The summed E-state index contributed by atoms with van der Waals surface area (Å²) >= 11 is 3.47. The second-order valence-corrected chi connectivity index (χ2v) is 6.68. The lowest BCUT2D eigenvalue weighted by Crippen LogP contribution is -2.57. The Morgan fingerprint density at radius 1 is 1.45 bits per heavy atom. The minimum Gasteiger partial charge on any atom is -0.395 e. The van der Waals surface area contributed by atoms with E-state index in [4.69, 9.17) is 0 Å². The van der Waals surface area contributed by atoms with Crippen LogP contribution in [0.3, 0.4) is 0 Å². The predicted molar refractivity (Wildman–Crippen MR) is 80.6 cm³/mol. The Bertz CT molecular complexity index is 549. The molecule has 2 heterocycles. The van der Waals surface area contributed by atoms with Gasteiger partial charge in [0.05, 0.1) is 13.2 Å². The topological polar surface area (TPSA) is 53.4 Å². The molecule has 1 aromatic heterocycles. The highest BCUT2D eigenvalue weighted by Gasteiger charge is 2.56. The van der Waals surface area contributed by atoms with Crippen LogP contribution in [0.15, 0.2) is 16.7 Å². The highest BCUT2D eigenvalue weighted by Crippen LogP contribution is 2.58. The van der Waals surface area contributed by atoms with Crippen LogP contribution in [0.25, 0.3) is 0 Å². The summed E-state index contributed by atoms with van der Waals surface area (Å²) in [5, 5.41) is 9.23. The molecule has 5 heteroatoms. The molecule has 1 N–H and O–H groups in total. The summed E-state index contributed by atoms with van der Waals surface area (Å²) in [5.41, 5.74) is 1.15. The van der Waals surface area contributed by atoms with E-state index < -0.39 is 0 Å². The standard InChI is InChI=1S/C15H19BrN2O2/c1-3-10-8(2)12-11-6-9(16)7-17-14(11)18(4-5-19)15(20)13(10)12/h6-8,10,12-13,19H,3-5H2,1-2H3. The van der Waals surface area contributed by atoms with Gasteiger partial charge in [-0.1, -0.05) is 20.3 Å². The van der Waals surface area contributed by atoms with Gasteiger partial charge in [0.1, 0.15) is 5.82 Å². The van der Waals surface area contributed by atoms with Crippen molar-refractivity contribution in [2.45, 2.75) is 26.2 Å². The predicted octanol–water partition coefficient (Wildman–Crippen LogP) is 2.56. The Hall–Kier alpha value is -0.940. The fraction of sp³-hybridized carbons (Fsp3) is 0.600. The monoisotopic (exact) mass is 338 g/mol. The summed E-state index contributed by atoms with van der Waals surface area (Å²) in [4.78, 5) is 18.8. The summed E-state index contributed by atoms with van der Waals surface area (Å²) in [6.45, 7) is 4.67. The maximum Gasteiger partial charge on any atom is 0.232 e. The van der Waals surface area contributed by atoms with Crippen molar-refractivity contribution in [1.29, 1.82) is 0 Å². The second kappa shape index (κ2) is 5.11. The van der Waals surface area contributed by atoms with Crippen LogP contribution < -0.4 is 4.90 Å². The average molecular weight is 339 g/mol. The number of halogens is 1. The molecule has 1 fully saturated rings. The smallest absolute Gasteiger partial charge is 0.232 e. The molecule has 1 aliphatic heterocycles. The van der Waals surface area contributed by atoms with Crippen LogP contribution in [-0.4, -0.2) is 29.1 Å².